The van der Waals surface area contributed by atoms with Gasteiger partial charge in [0.05, 0.1) is 21.1 Å². The first-order valence-electron chi connectivity index (χ1n) is 8.59. The van der Waals surface area contributed by atoms with Crippen LogP contribution in [0.1, 0.15) is 25.2 Å². The smallest absolute Gasteiger partial charge is 0.240 e. The van der Waals surface area contributed by atoms with Gasteiger partial charge in [-0.3, -0.25) is 4.79 Å². The van der Waals surface area contributed by atoms with E-state index in [0.717, 1.165) is 22.4 Å². The van der Waals surface area contributed by atoms with Crippen LogP contribution in [0.15, 0.2) is 42.5 Å². The topological polar surface area (TPSA) is 46.9 Å². The van der Waals surface area contributed by atoms with Gasteiger partial charge in [-0.25, -0.2) is 4.98 Å². The summed E-state index contributed by atoms with van der Waals surface area (Å²) in [5, 5.41) is 4.01. The third-order valence-electron chi connectivity index (χ3n) is 4.09. The Morgan fingerprint density at radius 1 is 1.15 bits per heavy atom. The monoisotopic (exact) mass is 389 g/mol. The minimum Gasteiger partial charge on any atom is -0.354 e. The quantitative estimate of drug-likeness (QED) is 0.663. The minimum absolute atomic E-state index is 0.0164. The van der Waals surface area contributed by atoms with Crippen LogP contribution in [0.2, 0.25) is 10.0 Å². The Kier molecular flexibility index (Phi) is 5.84. The highest BCUT2D eigenvalue weighted by Crippen LogP contribution is 2.25. The molecule has 0 aliphatic heterocycles. The van der Waals surface area contributed by atoms with Crippen LogP contribution < -0.4 is 5.32 Å². The van der Waals surface area contributed by atoms with Gasteiger partial charge in [0.15, 0.2) is 0 Å². The number of nitrogens with one attached hydrogen (secondary N) is 1. The molecule has 0 atom stereocenters. The van der Waals surface area contributed by atoms with Gasteiger partial charge in [-0.2, -0.15) is 0 Å². The molecule has 0 aliphatic rings. The summed E-state index contributed by atoms with van der Waals surface area (Å²) < 4.78 is 1.97. The number of rotatable bonds is 6. The van der Waals surface area contributed by atoms with E-state index in [4.69, 9.17) is 28.2 Å². The molecule has 2 aromatic carbocycles. The van der Waals surface area contributed by atoms with E-state index in [1.54, 1.807) is 6.07 Å². The van der Waals surface area contributed by atoms with E-state index in [1.165, 1.54) is 0 Å². The number of aromatic nitrogens is 2. The molecule has 4 nitrogen and oxygen atoms in total. The van der Waals surface area contributed by atoms with Gasteiger partial charge in [0.1, 0.15) is 12.4 Å². The number of para-hydroxylation sites is 2. The predicted octanol–water partition coefficient (Wildman–Crippen LogP) is 4.71. The minimum atomic E-state index is -0.0164. The first kappa shape index (κ1) is 18.7. The Labute approximate surface area is 163 Å². The molecule has 3 rings (SSSR count). The highest BCUT2D eigenvalue weighted by atomic mass is 35.5. The molecule has 3 aromatic rings. The Morgan fingerprint density at radius 3 is 2.65 bits per heavy atom. The summed E-state index contributed by atoms with van der Waals surface area (Å²) >= 11 is 12.1. The number of carbonyl (C=O) groups excluding carboxylic acids is 1. The van der Waals surface area contributed by atoms with Gasteiger partial charge in [0.25, 0.3) is 0 Å². The van der Waals surface area contributed by atoms with Gasteiger partial charge >= 0.3 is 0 Å². The van der Waals surface area contributed by atoms with E-state index in [-0.39, 0.29) is 12.5 Å². The Hall–Kier alpha value is -2.04. The Morgan fingerprint density at radius 2 is 1.92 bits per heavy atom. The van der Waals surface area contributed by atoms with Crippen molar-refractivity contribution in [1.82, 2.24) is 14.9 Å². The SMILES string of the molecule is CC(C)CNC(=O)Cn1c(Cc2ccc(Cl)c(Cl)c2)nc2ccccc21. The van der Waals surface area contributed by atoms with Crippen molar-refractivity contribution < 1.29 is 4.79 Å². The lowest BCUT2D eigenvalue weighted by Gasteiger charge is -2.11. The van der Waals surface area contributed by atoms with E-state index in [1.807, 2.05) is 41.0 Å². The van der Waals surface area contributed by atoms with Gasteiger partial charge < -0.3 is 9.88 Å². The number of halogens is 2. The zero-order valence-corrected chi connectivity index (χ0v) is 16.3. The predicted molar refractivity (Wildman–Crippen MR) is 107 cm³/mol. The molecule has 136 valence electrons. The third-order valence-corrected chi connectivity index (χ3v) is 4.83. The first-order valence-corrected chi connectivity index (χ1v) is 9.34. The first-order chi connectivity index (χ1) is 12.4. The van der Waals surface area contributed by atoms with Crippen LogP contribution in [0.3, 0.4) is 0 Å². The van der Waals surface area contributed by atoms with Gasteiger partial charge in [-0.15, -0.1) is 0 Å². The van der Waals surface area contributed by atoms with Crippen molar-refractivity contribution in [2.75, 3.05) is 6.54 Å². The number of imidazole rings is 1. The zero-order valence-electron chi connectivity index (χ0n) is 14.8. The lowest BCUT2D eigenvalue weighted by atomic mass is 10.1. The van der Waals surface area contributed by atoms with Gasteiger partial charge in [0, 0.05) is 13.0 Å². The van der Waals surface area contributed by atoms with Gasteiger partial charge in [-0.05, 0) is 35.7 Å². The van der Waals surface area contributed by atoms with E-state index in [9.17, 15) is 4.79 Å². The molecule has 0 saturated heterocycles. The van der Waals surface area contributed by atoms with Gasteiger partial charge in [-0.1, -0.05) is 55.2 Å². The van der Waals surface area contributed by atoms with Crippen LogP contribution >= 0.6 is 23.2 Å². The summed E-state index contributed by atoms with van der Waals surface area (Å²) in [7, 11) is 0. The van der Waals surface area contributed by atoms with E-state index < -0.39 is 0 Å². The molecular formula is C20H21Cl2N3O. The molecule has 1 aromatic heterocycles. The summed E-state index contributed by atoms with van der Waals surface area (Å²) in [4.78, 5) is 17.1. The number of nitrogens with zero attached hydrogens (tertiary/aromatic N) is 2. The molecule has 6 heteroatoms. The van der Waals surface area contributed by atoms with Crippen molar-refractivity contribution in [2.24, 2.45) is 5.92 Å². The van der Waals surface area contributed by atoms with Crippen molar-refractivity contribution in [2.45, 2.75) is 26.8 Å². The molecule has 0 aliphatic carbocycles. The number of carbonyl (C=O) groups is 1. The van der Waals surface area contributed by atoms with Crippen molar-refractivity contribution in [3.8, 4) is 0 Å². The maximum atomic E-state index is 12.4. The van der Waals surface area contributed by atoms with Crippen molar-refractivity contribution >= 4 is 40.1 Å². The normalized spacial score (nSPS) is 11.3. The molecule has 0 fully saturated rings. The average molecular weight is 390 g/mol. The molecule has 1 N–H and O–H groups in total. The van der Waals surface area contributed by atoms with Crippen LogP contribution in [0.25, 0.3) is 11.0 Å². The molecule has 1 heterocycles. The second-order valence-corrected chi connectivity index (χ2v) is 7.54. The molecular weight excluding hydrogens is 369 g/mol. The number of fused-ring (bicyclic) bond motifs is 1. The summed E-state index contributed by atoms with van der Waals surface area (Å²) in [5.74, 6) is 1.22. The molecule has 1 amide bonds. The summed E-state index contributed by atoms with van der Waals surface area (Å²) in [6.45, 7) is 5.04. The molecule has 26 heavy (non-hydrogen) atoms. The Balaban J connectivity index is 1.91. The fourth-order valence-corrected chi connectivity index (χ4v) is 3.11. The van der Waals surface area contributed by atoms with Gasteiger partial charge in [0.2, 0.25) is 5.91 Å². The second kappa shape index (κ2) is 8.11. The molecule has 0 bridgehead atoms. The lowest BCUT2D eigenvalue weighted by Crippen LogP contribution is -2.31. The molecule has 0 spiro atoms. The van der Waals surface area contributed by atoms with E-state index in [0.29, 0.717) is 28.9 Å². The maximum absolute atomic E-state index is 12.4. The molecule has 0 unspecified atom stereocenters. The van der Waals surface area contributed by atoms with Crippen LogP contribution in [0.4, 0.5) is 0 Å². The van der Waals surface area contributed by atoms with Crippen molar-refractivity contribution in [3.05, 3.63) is 63.9 Å². The van der Waals surface area contributed by atoms with Crippen LogP contribution in [0, 0.1) is 5.92 Å². The largest absolute Gasteiger partial charge is 0.354 e. The summed E-state index contributed by atoms with van der Waals surface area (Å²) in [5.41, 5.74) is 2.82. The van der Waals surface area contributed by atoms with Crippen molar-refractivity contribution in [3.63, 3.8) is 0 Å². The van der Waals surface area contributed by atoms with Crippen LogP contribution in [-0.2, 0) is 17.8 Å². The van der Waals surface area contributed by atoms with Crippen molar-refractivity contribution in [1.29, 1.82) is 0 Å². The molecule has 0 radical (unpaired) electrons. The number of amides is 1. The zero-order chi connectivity index (χ0) is 18.7. The second-order valence-electron chi connectivity index (χ2n) is 6.73. The standard InChI is InChI=1S/C20H21Cl2N3O/c1-13(2)11-23-20(26)12-25-18-6-4-3-5-17(18)24-19(25)10-14-7-8-15(21)16(22)9-14/h3-9,13H,10-12H2,1-2H3,(H,23,26). The van der Waals surface area contributed by atoms with Crippen LogP contribution in [0.5, 0.6) is 0 Å². The highest BCUT2D eigenvalue weighted by molar-refractivity contribution is 6.42. The maximum Gasteiger partial charge on any atom is 0.240 e. The number of benzene rings is 2. The summed E-state index contributed by atoms with van der Waals surface area (Å²) in [6, 6.07) is 13.4. The lowest BCUT2D eigenvalue weighted by molar-refractivity contribution is -0.121. The van der Waals surface area contributed by atoms with E-state index >= 15 is 0 Å². The number of hydrogen-bond donors (Lipinski definition) is 1. The fourth-order valence-electron chi connectivity index (χ4n) is 2.79. The average Bonchev–Trinajstić information content (AvgIpc) is 2.94. The third kappa shape index (κ3) is 4.37. The summed E-state index contributed by atoms with van der Waals surface area (Å²) in [6.07, 6.45) is 0.572. The number of hydrogen-bond acceptors (Lipinski definition) is 2. The van der Waals surface area contributed by atoms with E-state index in [2.05, 4.69) is 19.2 Å². The Bertz CT molecular complexity index is 934. The van der Waals surface area contributed by atoms with Crippen LogP contribution in [-0.4, -0.2) is 22.0 Å². The molecule has 0 saturated carbocycles. The fraction of sp³-hybridized carbons (Fsp3) is 0.300. The highest BCUT2D eigenvalue weighted by Gasteiger charge is 2.14.